The fourth-order valence-corrected chi connectivity index (χ4v) is 2.90. The maximum absolute atomic E-state index is 11.8. The van der Waals surface area contributed by atoms with E-state index in [-0.39, 0.29) is 23.7 Å². The Labute approximate surface area is 99.7 Å². The molecule has 0 radical (unpaired) electrons. The van der Waals surface area contributed by atoms with Crippen molar-refractivity contribution in [2.24, 2.45) is 5.92 Å². The summed E-state index contributed by atoms with van der Waals surface area (Å²) in [6.07, 6.45) is 1.41. The molecule has 1 aromatic carbocycles. The van der Waals surface area contributed by atoms with E-state index in [1.165, 1.54) is 0 Å². The third-order valence-electron chi connectivity index (χ3n) is 3.77. The molecule has 1 N–H and O–H groups in total. The molecule has 0 fully saturated rings. The number of benzene rings is 1. The van der Waals surface area contributed by atoms with Crippen LogP contribution < -0.4 is 0 Å². The van der Waals surface area contributed by atoms with Crippen LogP contribution in [0.4, 0.5) is 0 Å². The number of phenols is 1. The van der Waals surface area contributed by atoms with Crippen molar-refractivity contribution in [3.63, 3.8) is 0 Å². The van der Waals surface area contributed by atoms with E-state index in [9.17, 15) is 9.90 Å². The van der Waals surface area contributed by atoms with E-state index in [0.29, 0.717) is 5.56 Å². The van der Waals surface area contributed by atoms with Gasteiger partial charge in [-0.15, -0.1) is 0 Å². The molecule has 3 heteroatoms. The van der Waals surface area contributed by atoms with Gasteiger partial charge < -0.3 is 9.84 Å². The van der Waals surface area contributed by atoms with Gasteiger partial charge in [0.15, 0.2) is 0 Å². The Morgan fingerprint density at radius 1 is 1.53 bits per heavy atom. The molecular formula is C14H14O3. The molecule has 0 saturated heterocycles. The highest BCUT2D eigenvalue weighted by atomic mass is 16.5. The Morgan fingerprint density at radius 3 is 3.00 bits per heavy atom. The van der Waals surface area contributed by atoms with Gasteiger partial charge in [-0.1, -0.05) is 12.2 Å². The second-order valence-corrected chi connectivity index (χ2v) is 4.84. The van der Waals surface area contributed by atoms with Crippen LogP contribution in [0.1, 0.15) is 40.9 Å². The molecule has 2 atom stereocenters. The van der Waals surface area contributed by atoms with Crippen molar-refractivity contribution in [1.82, 2.24) is 0 Å². The monoisotopic (exact) mass is 230 g/mol. The topological polar surface area (TPSA) is 46.5 Å². The molecule has 0 unspecified atom stereocenters. The highest BCUT2D eigenvalue weighted by Gasteiger charge is 2.42. The molecule has 17 heavy (non-hydrogen) atoms. The zero-order valence-corrected chi connectivity index (χ0v) is 9.69. The Balaban J connectivity index is 2.20. The van der Waals surface area contributed by atoms with Gasteiger partial charge in [-0.3, -0.25) is 0 Å². The van der Waals surface area contributed by atoms with Crippen LogP contribution in [0.25, 0.3) is 0 Å². The Kier molecular flexibility index (Phi) is 2.05. The highest BCUT2D eigenvalue weighted by Crippen LogP contribution is 2.48. The Hall–Kier alpha value is -1.77. The number of hydrogen-bond acceptors (Lipinski definition) is 3. The highest BCUT2D eigenvalue weighted by molar-refractivity contribution is 5.95. The van der Waals surface area contributed by atoms with Crippen molar-refractivity contribution in [1.29, 1.82) is 0 Å². The lowest BCUT2D eigenvalue weighted by atomic mass is 9.77. The van der Waals surface area contributed by atoms with Crippen LogP contribution in [-0.4, -0.2) is 11.1 Å². The van der Waals surface area contributed by atoms with Crippen LogP contribution >= 0.6 is 0 Å². The molecule has 0 aromatic heterocycles. The average Bonchev–Trinajstić information content (AvgIpc) is 2.61. The summed E-state index contributed by atoms with van der Waals surface area (Å²) in [5.74, 6) is 0.168. The SMILES string of the molecule is C=C(C)[C@H]1CCc2c(O)ccc3c2[C@@H]1OC3=O. The fraction of sp³-hybridized carbons (Fsp3) is 0.357. The lowest BCUT2D eigenvalue weighted by molar-refractivity contribution is 0.0253. The van der Waals surface area contributed by atoms with Crippen molar-refractivity contribution < 1.29 is 14.6 Å². The second kappa shape index (κ2) is 3.36. The molecule has 0 bridgehead atoms. The summed E-state index contributed by atoms with van der Waals surface area (Å²) in [5.41, 5.74) is 3.39. The predicted molar refractivity (Wildman–Crippen MR) is 62.9 cm³/mol. The average molecular weight is 230 g/mol. The van der Waals surface area contributed by atoms with Gasteiger partial charge in [0.1, 0.15) is 11.9 Å². The molecule has 1 aliphatic heterocycles. The molecule has 0 spiro atoms. The van der Waals surface area contributed by atoms with Crippen LogP contribution in [-0.2, 0) is 11.2 Å². The smallest absolute Gasteiger partial charge is 0.339 e. The van der Waals surface area contributed by atoms with Gasteiger partial charge in [0.2, 0.25) is 0 Å². The molecule has 1 heterocycles. The number of esters is 1. The van der Waals surface area contributed by atoms with E-state index >= 15 is 0 Å². The maximum atomic E-state index is 11.8. The summed E-state index contributed by atoms with van der Waals surface area (Å²) in [6, 6.07) is 3.23. The van der Waals surface area contributed by atoms with Crippen LogP contribution in [0.5, 0.6) is 5.75 Å². The first-order valence-electron chi connectivity index (χ1n) is 5.80. The molecule has 3 rings (SSSR count). The summed E-state index contributed by atoms with van der Waals surface area (Å²) in [6.45, 7) is 5.93. The second-order valence-electron chi connectivity index (χ2n) is 4.84. The molecule has 0 saturated carbocycles. The maximum Gasteiger partial charge on any atom is 0.339 e. The minimum absolute atomic E-state index is 0.175. The third-order valence-corrected chi connectivity index (χ3v) is 3.77. The van der Waals surface area contributed by atoms with Crippen LogP contribution in [0.2, 0.25) is 0 Å². The standard InChI is InChI=1S/C14H14O3/c1-7(2)8-3-4-9-11(15)6-5-10-12(9)13(8)17-14(10)16/h5-6,8,13,15H,1,3-4H2,2H3/t8-,13-/m1/s1. The lowest BCUT2D eigenvalue weighted by Crippen LogP contribution is -2.20. The quantitative estimate of drug-likeness (QED) is 0.596. The first-order valence-corrected chi connectivity index (χ1v) is 5.80. The van der Waals surface area contributed by atoms with Gasteiger partial charge in [0.05, 0.1) is 5.56 Å². The van der Waals surface area contributed by atoms with Crippen molar-refractivity contribution in [3.8, 4) is 5.75 Å². The van der Waals surface area contributed by atoms with Crippen LogP contribution in [0.15, 0.2) is 24.3 Å². The number of aromatic hydroxyl groups is 1. The van der Waals surface area contributed by atoms with Gasteiger partial charge in [0, 0.05) is 17.0 Å². The largest absolute Gasteiger partial charge is 0.508 e. The number of ether oxygens (including phenoxy) is 1. The minimum atomic E-state index is -0.278. The Morgan fingerprint density at radius 2 is 2.29 bits per heavy atom. The van der Waals surface area contributed by atoms with Gasteiger partial charge in [-0.05, 0) is 31.9 Å². The lowest BCUT2D eigenvalue weighted by Gasteiger charge is -2.29. The van der Waals surface area contributed by atoms with E-state index in [1.807, 2.05) is 6.92 Å². The first-order chi connectivity index (χ1) is 8.09. The number of hydrogen-bond donors (Lipinski definition) is 1. The molecule has 0 amide bonds. The zero-order chi connectivity index (χ0) is 12.2. The van der Waals surface area contributed by atoms with Crippen LogP contribution in [0.3, 0.4) is 0 Å². The summed E-state index contributed by atoms with van der Waals surface area (Å²) >= 11 is 0. The number of carbonyl (C=O) groups is 1. The summed E-state index contributed by atoms with van der Waals surface area (Å²) < 4.78 is 5.43. The molecule has 88 valence electrons. The summed E-state index contributed by atoms with van der Waals surface area (Å²) in [4.78, 5) is 11.8. The third kappa shape index (κ3) is 1.32. The van der Waals surface area contributed by atoms with E-state index < -0.39 is 0 Å². The Bertz CT molecular complexity index is 531. The number of rotatable bonds is 1. The van der Waals surface area contributed by atoms with Gasteiger partial charge in [-0.25, -0.2) is 4.79 Å². The van der Waals surface area contributed by atoms with E-state index in [2.05, 4.69) is 6.58 Å². The van der Waals surface area contributed by atoms with Crippen molar-refractivity contribution in [2.75, 3.05) is 0 Å². The molecule has 1 aromatic rings. The van der Waals surface area contributed by atoms with Gasteiger partial charge in [0.25, 0.3) is 0 Å². The predicted octanol–water partition coefficient (Wildman–Crippen LogP) is 2.74. The van der Waals surface area contributed by atoms with Crippen molar-refractivity contribution in [3.05, 3.63) is 41.0 Å². The van der Waals surface area contributed by atoms with Crippen molar-refractivity contribution >= 4 is 5.97 Å². The van der Waals surface area contributed by atoms with Gasteiger partial charge >= 0.3 is 5.97 Å². The van der Waals surface area contributed by atoms with E-state index in [1.54, 1.807) is 12.1 Å². The van der Waals surface area contributed by atoms with E-state index in [0.717, 1.165) is 29.5 Å². The zero-order valence-electron chi connectivity index (χ0n) is 9.69. The first kappa shape index (κ1) is 10.4. The molecule has 1 aliphatic carbocycles. The van der Waals surface area contributed by atoms with E-state index in [4.69, 9.17) is 4.74 Å². The molecule has 3 nitrogen and oxygen atoms in total. The summed E-state index contributed by atoms with van der Waals surface area (Å²) in [5, 5.41) is 9.85. The molecular weight excluding hydrogens is 216 g/mol. The fourth-order valence-electron chi connectivity index (χ4n) is 2.90. The van der Waals surface area contributed by atoms with Crippen molar-refractivity contribution in [2.45, 2.75) is 25.9 Å². The van der Waals surface area contributed by atoms with Crippen LogP contribution in [0, 0.1) is 5.92 Å². The number of carbonyl (C=O) groups excluding carboxylic acids is 1. The molecule has 2 aliphatic rings. The summed E-state index contributed by atoms with van der Waals surface area (Å²) in [7, 11) is 0. The van der Waals surface area contributed by atoms with Gasteiger partial charge in [-0.2, -0.15) is 0 Å². The number of phenolic OH excluding ortho intramolecular Hbond substituents is 1. The normalized spacial score (nSPS) is 25.4. The minimum Gasteiger partial charge on any atom is -0.508 e.